The van der Waals surface area contributed by atoms with Crippen LogP contribution >= 0.6 is 0 Å². The van der Waals surface area contributed by atoms with Crippen LogP contribution in [0, 0.1) is 11.8 Å². The third-order valence-electron chi connectivity index (χ3n) is 6.19. The molecule has 0 radical (unpaired) electrons. The quantitative estimate of drug-likeness (QED) is 0.137. The van der Waals surface area contributed by atoms with Crippen LogP contribution in [0.15, 0.2) is 0 Å². The van der Waals surface area contributed by atoms with Crippen molar-refractivity contribution in [3.63, 3.8) is 0 Å². The van der Waals surface area contributed by atoms with Crippen LogP contribution in [0.3, 0.4) is 0 Å². The highest BCUT2D eigenvalue weighted by molar-refractivity contribution is 5.69. The van der Waals surface area contributed by atoms with Gasteiger partial charge in [-0.3, -0.25) is 4.79 Å². The Kier molecular flexibility index (Phi) is 13.9. The average molecular weight is 397 g/mol. The lowest BCUT2D eigenvalue weighted by molar-refractivity contribution is -0.870. The van der Waals surface area contributed by atoms with Crippen molar-refractivity contribution in [3.8, 4) is 0 Å². The molecule has 0 aromatic heterocycles. The topological polar surface area (TPSA) is 26.3 Å². The van der Waals surface area contributed by atoms with Gasteiger partial charge in [0, 0.05) is 12.8 Å². The van der Waals surface area contributed by atoms with Crippen LogP contribution in [-0.4, -0.2) is 44.7 Å². The minimum Gasteiger partial charge on any atom is -0.465 e. The van der Waals surface area contributed by atoms with Crippen LogP contribution in [-0.2, 0) is 9.53 Å². The van der Waals surface area contributed by atoms with Crippen LogP contribution < -0.4 is 0 Å². The summed E-state index contributed by atoms with van der Waals surface area (Å²) in [5.74, 6) is 2.12. The molecule has 28 heavy (non-hydrogen) atoms. The molecule has 3 heteroatoms. The highest BCUT2D eigenvalue weighted by Gasteiger charge is 2.34. The molecule has 166 valence electrons. The second-order valence-electron chi connectivity index (χ2n) is 10.2. The second-order valence-corrected chi connectivity index (χ2v) is 10.2. The molecule has 3 nitrogen and oxygen atoms in total. The van der Waals surface area contributed by atoms with Crippen molar-refractivity contribution in [1.29, 1.82) is 0 Å². The molecular formula is C25H50NO2+. The average Bonchev–Trinajstić information content (AvgIpc) is 3.38. The SMILES string of the molecule is CCCCCCCCC1CC1CCCCCCCC(=O)OCCC[N+](C)(C)C. The summed E-state index contributed by atoms with van der Waals surface area (Å²) in [4.78, 5) is 11.7. The predicted molar refractivity (Wildman–Crippen MR) is 120 cm³/mol. The maximum Gasteiger partial charge on any atom is 0.305 e. The number of nitrogens with zero attached hydrogens (tertiary/aromatic N) is 1. The fourth-order valence-electron chi connectivity index (χ4n) is 4.21. The van der Waals surface area contributed by atoms with E-state index in [-0.39, 0.29) is 5.97 Å². The molecule has 1 aliphatic carbocycles. The van der Waals surface area contributed by atoms with Crippen molar-refractivity contribution in [2.45, 2.75) is 110 Å². The van der Waals surface area contributed by atoms with Crippen LogP contribution in [0.5, 0.6) is 0 Å². The number of hydrogen-bond donors (Lipinski definition) is 0. The minimum absolute atomic E-state index is 0.00285. The van der Waals surface area contributed by atoms with Gasteiger partial charge in [-0.25, -0.2) is 0 Å². The highest BCUT2D eigenvalue weighted by atomic mass is 16.5. The van der Waals surface area contributed by atoms with E-state index < -0.39 is 0 Å². The molecule has 1 saturated carbocycles. The lowest BCUT2D eigenvalue weighted by Crippen LogP contribution is -2.35. The monoisotopic (exact) mass is 396 g/mol. The van der Waals surface area contributed by atoms with Crippen molar-refractivity contribution < 1.29 is 14.0 Å². The summed E-state index contributed by atoms with van der Waals surface area (Å²) in [5, 5.41) is 0. The van der Waals surface area contributed by atoms with Gasteiger partial charge in [0.1, 0.15) is 0 Å². The van der Waals surface area contributed by atoms with E-state index in [1.807, 2.05) is 0 Å². The van der Waals surface area contributed by atoms with E-state index in [2.05, 4.69) is 28.1 Å². The number of carbonyl (C=O) groups is 1. The van der Waals surface area contributed by atoms with Gasteiger partial charge in [-0.1, -0.05) is 84.0 Å². The van der Waals surface area contributed by atoms with Gasteiger partial charge in [0.25, 0.3) is 0 Å². The van der Waals surface area contributed by atoms with Gasteiger partial charge in [-0.05, 0) is 24.7 Å². The maximum absolute atomic E-state index is 11.7. The summed E-state index contributed by atoms with van der Waals surface area (Å²) in [6, 6.07) is 0. The van der Waals surface area contributed by atoms with Gasteiger partial charge in [0.05, 0.1) is 34.3 Å². The molecule has 1 rings (SSSR count). The van der Waals surface area contributed by atoms with Crippen molar-refractivity contribution in [3.05, 3.63) is 0 Å². The first-order chi connectivity index (χ1) is 13.4. The van der Waals surface area contributed by atoms with Crippen LogP contribution in [0.1, 0.15) is 110 Å². The standard InChI is InChI=1S/C25H50NO2/c1-5-6-7-8-10-13-17-23-22-24(23)18-14-11-9-12-15-19-25(27)28-21-16-20-26(2,3)4/h23-24H,5-22H2,1-4H3/q+1. The molecule has 0 saturated heterocycles. The Morgan fingerprint density at radius 2 is 1.32 bits per heavy atom. The second kappa shape index (κ2) is 15.3. The fourth-order valence-corrected chi connectivity index (χ4v) is 4.21. The summed E-state index contributed by atoms with van der Waals surface area (Å²) in [6.07, 6.45) is 20.8. The number of quaternary nitrogens is 1. The zero-order valence-electron chi connectivity index (χ0n) is 19.6. The Balaban J connectivity index is 1.79. The number of ether oxygens (including phenoxy) is 1. The van der Waals surface area contributed by atoms with E-state index >= 15 is 0 Å². The zero-order chi connectivity index (χ0) is 20.7. The minimum atomic E-state index is -0.00285. The Labute approximate surface area is 176 Å². The van der Waals surface area contributed by atoms with Gasteiger partial charge in [0.2, 0.25) is 0 Å². The first-order valence-electron chi connectivity index (χ1n) is 12.4. The smallest absolute Gasteiger partial charge is 0.305 e. The largest absolute Gasteiger partial charge is 0.465 e. The molecule has 0 amide bonds. The van der Waals surface area contributed by atoms with Crippen LogP contribution in [0.2, 0.25) is 0 Å². The molecule has 1 fully saturated rings. The van der Waals surface area contributed by atoms with Gasteiger partial charge in [-0.2, -0.15) is 0 Å². The number of unbranched alkanes of at least 4 members (excludes halogenated alkanes) is 9. The Hall–Kier alpha value is -0.570. The normalized spacial score (nSPS) is 19.0. The van der Waals surface area contributed by atoms with Gasteiger partial charge >= 0.3 is 5.97 Å². The summed E-state index contributed by atoms with van der Waals surface area (Å²) in [5.41, 5.74) is 0. The summed E-state index contributed by atoms with van der Waals surface area (Å²) in [6.45, 7) is 3.92. The molecule has 0 aromatic rings. The third-order valence-corrected chi connectivity index (χ3v) is 6.19. The van der Waals surface area contributed by atoms with E-state index in [9.17, 15) is 4.79 Å². The van der Waals surface area contributed by atoms with E-state index in [0.717, 1.165) is 35.7 Å². The van der Waals surface area contributed by atoms with Crippen LogP contribution in [0.4, 0.5) is 0 Å². The zero-order valence-corrected chi connectivity index (χ0v) is 19.6. The van der Waals surface area contributed by atoms with E-state index in [1.165, 1.54) is 83.5 Å². The first-order valence-corrected chi connectivity index (χ1v) is 12.4. The third kappa shape index (κ3) is 15.4. The van der Waals surface area contributed by atoms with Crippen LogP contribution in [0.25, 0.3) is 0 Å². The molecule has 0 aromatic carbocycles. The first kappa shape index (κ1) is 25.5. The maximum atomic E-state index is 11.7. The van der Waals surface area contributed by atoms with Gasteiger partial charge < -0.3 is 9.22 Å². The number of esters is 1. The van der Waals surface area contributed by atoms with Crippen molar-refractivity contribution in [2.24, 2.45) is 11.8 Å². The van der Waals surface area contributed by atoms with E-state index in [1.54, 1.807) is 0 Å². The molecule has 0 N–H and O–H groups in total. The highest BCUT2D eigenvalue weighted by Crippen LogP contribution is 2.45. The van der Waals surface area contributed by atoms with Gasteiger partial charge in [-0.15, -0.1) is 0 Å². The number of hydrogen-bond acceptors (Lipinski definition) is 2. The molecule has 2 atom stereocenters. The Bertz CT molecular complexity index is 388. The van der Waals surface area contributed by atoms with Crippen molar-refractivity contribution >= 4 is 5.97 Å². The number of rotatable bonds is 19. The molecule has 0 bridgehead atoms. The lowest BCUT2D eigenvalue weighted by Gasteiger charge is -2.23. The summed E-state index contributed by atoms with van der Waals surface area (Å²) < 4.78 is 6.26. The summed E-state index contributed by atoms with van der Waals surface area (Å²) in [7, 11) is 6.50. The molecule has 2 unspecified atom stereocenters. The lowest BCUT2D eigenvalue weighted by atomic mass is 10.0. The summed E-state index contributed by atoms with van der Waals surface area (Å²) >= 11 is 0. The van der Waals surface area contributed by atoms with Crippen molar-refractivity contribution in [1.82, 2.24) is 0 Å². The Morgan fingerprint density at radius 3 is 1.89 bits per heavy atom. The Morgan fingerprint density at radius 1 is 0.786 bits per heavy atom. The molecule has 0 aliphatic heterocycles. The molecule has 0 spiro atoms. The van der Waals surface area contributed by atoms with Gasteiger partial charge in [0.15, 0.2) is 0 Å². The fraction of sp³-hybridized carbons (Fsp3) is 0.960. The molecule has 0 heterocycles. The molecular weight excluding hydrogens is 346 g/mol. The van der Waals surface area contributed by atoms with E-state index in [4.69, 9.17) is 4.74 Å². The predicted octanol–water partition coefficient (Wildman–Crippen LogP) is 6.74. The number of carbonyl (C=O) groups excluding carboxylic acids is 1. The van der Waals surface area contributed by atoms with Crippen molar-refractivity contribution in [2.75, 3.05) is 34.3 Å². The van der Waals surface area contributed by atoms with E-state index in [0.29, 0.717) is 13.0 Å². The molecule has 1 aliphatic rings.